The first-order chi connectivity index (χ1) is 13.5. The number of carboxylic acids is 1. The lowest BCUT2D eigenvalue weighted by Crippen LogP contribution is -2.25. The topological polar surface area (TPSA) is 94.1 Å². The molecule has 0 atom stereocenters. The van der Waals surface area contributed by atoms with E-state index in [-0.39, 0.29) is 11.5 Å². The van der Waals surface area contributed by atoms with Gasteiger partial charge in [-0.15, -0.1) is 0 Å². The summed E-state index contributed by atoms with van der Waals surface area (Å²) in [5.74, 6) is 0.576. The first-order valence-electron chi connectivity index (χ1n) is 8.86. The van der Waals surface area contributed by atoms with Crippen molar-refractivity contribution in [2.45, 2.75) is 19.3 Å². The van der Waals surface area contributed by atoms with Crippen LogP contribution in [0.3, 0.4) is 0 Å². The summed E-state index contributed by atoms with van der Waals surface area (Å²) in [5, 5.41) is 11.9. The van der Waals surface area contributed by atoms with Gasteiger partial charge in [0.05, 0.1) is 26.9 Å². The number of aryl methyl sites for hydroxylation is 1. The molecule has 2 N–H and O–H groups in total. The molecule has 150 valence electrons. The summed E-state index contributed by atoms with van der Waals surface area (Å²) in [6.07, 6.45) is 1.40. The fourth-order valence-electron chi connectivity index (χ4n) is 2.83. The van der Waals surface area contributed by atoms with Crippen LogP contribution in [0, 0.1) is 0 Å². The van der Waals surface area contributed by atoms with Crippen LogP contribution >= 0.6 is 0 Å². The van der Waals surface area contributed by atoms with Crippen molar-refractivity contribution in [3.63, 3.8) is 0 Å². The van der Waals surface area contributed by atoms with Crippen molar-refractivity contribution in [3.8, 4) is 17.2 Å². The van der Waals surface area contributed by atoms with Crippen molar-refractivity contribution in [3.05, 3.63) is 53.1 Å². The lowest BCUT2D eigenvalue weighted by atomic mass is 10.1. The number of hydrogen-bond acceptors (Lipinski definition) is 5. The van der Waals surface area contributed by atoms with Crippen LogP contribution in [0.1, 0.15) is 27.9 Å². The molecule has 0 bridgehead atoms. The highest BCUT2D eigenvalue weighted by Crippen LogP contribution is 2.38. The second-order valence-corrected chi connectivity index (χ2v) is 6.14. The second kappa shape index (κ2) is 10.2. The average Bonchev–Trinajstić information content (AvgIpc) is 2.71. The molecule has 0 aliphatic rings. The highest BCUT2D eigenvalue weighted by Gasteiger charge is 2.14. The second-order valence-electron chi connectivity index (χ2n) is 6.14. The van der Waals surface area contributed by atoms with Gasteiger partial charge in [-0.25, -0.2) is 4.79 Å². The largest absolute Gasteiger partial charge is 0.493 e. The summed E-state index contributed by atoms with van der Waals surface area (Å²) in [4.78, 5) is 23.1. The van der Waals surface area contributed by atoms with Crippen LogP contribution in [0.25, 0.3) is 0 Å². The Labute approximate surface area is 164 Å². The predicted octanol–water partition coefficient (Wildman–Crippen LogP) is 2.70. The predicted molar refractivity (Wildman–Crippen MR) is 105 cm³/mol. The third-order valence-corrected chi connectivity index (χ3v) is 4.28. The van der Waals surface area contributed by atoms with E-state index in [0.717, 1.165) is 11.1 Å². The lowest BCUT2D eigenvalue weighted by Gasteiger charge is -2.14. The van der Waals surface area contributed by atoms with Crippen LogP contribution in [-0.4, -0.2) is 44.9 Å². The first-order valence-corrected chi connectivity index (χ1v) is 8.86. The number of rotatable bonds is 10. The van der Waals surface area contributed by atoms with Crippen molar-refractivity contribution in [2.75, 3.05) is 27.9 Å². The maximum atomic E-state index is 12.1. The quantitative estimate of drug-likeness (QED) is 0.651. The first kappa shape index (κ1) is 21.1. The van der Waals surface area contributed by atoms with E-state index in [0.29, 0.717) is 43.1 Å². The summed E-state index contributed by atoms with van der Waals surface area (Å²) in [6.45, 7) is 0.442. The summed E-state index contributed by atoms with van der Waals surface area (Å²) in [7, 11) is 4.64. The number of methoxy groups -OCH3 is 3. The maximum Gasteiger partial charge on any atom is 0.335 e. The third-order valence-electron chi connectivity index (χ3n) is 4.28. The number of carbonyl (C=O) groups is 2. The Kier molecular flexibility index (Phi) is 7.68. The van der Waals surface area contributed by atoms with Gasteiger partial charge in [-0.3, -0.25) is 4.79 Å². The molecule has 0 unspecified atom stereocenters. The Balaban J connectivity index is 1.87. The van der Waals surface area contributed by atoms with Crippen molar-refractivity contribution in [1.29, 1.82) is 0 Å². The Hall–Kier alpha value is -3.22. The van der Waals surface area contributed by atoms with Crippen molar-refractivity contribution >= 4 is 11.9 Å². The zero-order chi connectivity index (χ0) is 20.5. The minimum atomic E-state index is -0.962. The summed E-state index contributed by atoms with van der Waals surface area (Å²) in [5.41, 5.74) is 2.01. The molecule has 2 rings (SSSR count). The van der Waals surface area contributed by atoms with Gasteiger partial charge in [0, 0.05) is 13.0 Å². The Morgan fingerprint density at radius 2 is 1.61 bits per heavy atom. The molecule has 7 nitrogen and oxygen atoms in total. The molecule has 28 heavy (non-hydrogen) atoms. The van der Waals surface area contributed by atoms with Crippen LogP contribution in [0.5, 0.6) is 17.2 Å². The smallest absolute Gasteiger partial charge is 0.335 e. The van der Waals surface area contributed by atoms with Crippen molar-refractivity contribution in [1.82, 2.24) is 5.32 Å². The van der Waals surface area contributed by atoms with E-state index in [1.165, 1.54) is 0 Å². The van der Waals surface area contributed by atoms with Gasteiger partial charge in [0.25, 0.3) is 0 Å². The molecule has 7 heteroatoms. The molecule has 0 heterocycles. The van der Waals surface area contributed by atoms with Gasteiger partial charge in [0.2, 0.25) is 11.7 Å². The number of benzene rings is 2. The molecule has 0 aliphatic heterocycles. The normalized spacial score (nSPS) is 10.2. The minimum Gasteiger partial charge on any atom is -0.493 e. The SMILES string of the molecule is COc1cc(CCC(=O)NCCc2cccc(C(=O)O)c2)cc(OC)c1OC. The number of hydrogen-bond donors (Lipinski definition) is 2. The van der Waals surface area contributed by atoms with Gasteiger partial charge in [0.15, 0.2) is 11.5 Å². The number of ether oxygens (including phenoxy) is 3. The number of carboxylic acid groups (broad SMARTS) is 1. The highest BCUT2D eigenvalue weighted by molar-refractivity contribution is 5.87. The number of nitrogens with one attached hydrogen (secondary N) is 1. The third kappa shape index (κ3) is 5.64. The van der Waals surface area contributed by atoms with E-state index in [1.807, 2.05) is 18.2 Å². The average molecular weight is 387 g/mol. The van der Waals surface area contributed by atoms with Gasteiger partial charge in [-0.2, -0.15) is 0 Å². The lowest BCUT2D eigenvalue weighted by molar-refractivity contribution is -0.121. The Bertz CT molecular complexity index is 808. The molecule has 0 radical (unpaired) electrons. The number of carbonyl (C=O) groups excluding carboxylic acids is 1. The molecule has 0 spiro atoms. The van der Waals surface area contributed by atoms with Crippen LogP contribution < -0.4 is 19.5 Å². The molecule has 0 fully saturated rings. The van der Waals surface area contributed by atoms with Gasteiger partial charge < -0.3 is 24.6 Å². The van der Waals surface area contributed by atoms with E-state index < -0.39 is 5.97 Å². The molecule has 0 aromatic heterocycles. The fraction of sp³-hybridized carbons (Fsp3) is 0.333. The molecule has 1 amide bonds. The standard InChI is InChI=1S/C21H25NO6/c1-26-17-12-15(13-18(27-2)20(17)28-3)7-8-19(23)22-10-9-14-5-4-6-16(11-14)21(24)25/h4-6,11-13H,7-10H2,1-3H3,(H,22,23)(H,24,25). The number of aromatic carboxylic acids is 1. The fourth-order valence-corrected chi connectivity index (χ4v) is 2.83. The molecule has 2 aromatic rings. The van der Waals surface area contributed by atoms with E-state index in [9.17, 15) is 9.59 Å². The monoisotopic (exact) mass is 387 g/mol. The molecule has 0 aliphatic carbocycles. The van der Waals surface area contributed by atoms with Crippen LogP contribution in [0.15, 0.2) is 36.4 Å². The van der Waals surface area contributed by atoms with E-state index in [4.69, 9.17) is 19.3 Å². The van der Waals surface area contributed by atoms with Gasteiger partial charge >= 0.3 is 5.97 Å². The highest BCUT2D eigenvalue weighted by atomic mass is 16.5. The molecule has 0 saturated heterocycles. The zero-order valence-electron chi connectivity index (χ0n) is 16.3. The van der Waals surface area contributed by atoms with Crippen molar-refractivity contribution < 1.29 is 28.9 Å². The minimum absolute atomic E-state index is 0.0804. The van der Waals surface area contributed by atoms with Crippen molar-refractivity contribution in [2.24, 2.45) is 0 Å². The van der Waals surface area contributed by atoms with Gasteiger partial charge in [0.1, 0.15) is 0 Å². The molecule has 0 saturated carbocycles. The maximum absolute atomic E-state index is 12.1. The van der Waals surface area contributed by atoms with Crippen LogP contribution in [0.2, 0.25) is 0 Å². The molecule has 2 aromatic carbocycles. The van der Waals surface area contributed by atoms with Crippen LogP contribution in [-0.2, 0) is 17.6 Å². The molecular formula is C21H25NO6. The zero-order valence-corrected chi connectivity index (χ0v) is 16.3. The van der Waals surface area contributed by atoms with Gasteiger partial charge in [-0.05, 0) is 48.2 Å². The molecular weight excluding hydrogens is 362 g/mol. The Morgan fingerprint density at radius 3 is 2.18 bits per heavy atom. The number of amides is 1. The van der Waals surface area contributed by atoms with Crippen LogP contribution in [0.4, 0.5) is 0 Å². The summed E-state index contributed by atoms with van der Waals surface area (Å²) in [6, 6.07) is 10.4. The van der Waals surface area contributed by atoms with Gasteiger partial charge in [-0.1, -0.05) is 12.1 Å². The van der Waals surface area contributed by atoms with E-state index in [2.05, 4.69) is 5.32 Å². The van der Waals surface area contributed by atoms with E-state index in [1.54, 1.807) is 39.5 Å². The Morgan fingerprint density at radius 1 is 0.929 bits per heavy atom. The summed E-state index contributed by atoms with van der Waals surface area (Å²) >= 11 is 0. The van der Waals surface area contributed by atoms with E-state index >= 15 is 0 Å². The summed E-state index contributed by atoms with van der Waals surface area (Å²) < 4.78 is 15.9.